The van der Waals surface area contributed by atoms with E-state index < -0.39 is 17.6 Å². The number of benzene rings is 1. The normalized spacial score (nSPS) is 19.8. The highest BCUT2D eigenvalue weighted by atomic mass is 19.1. The lowest BCUT2D eigenvalue weighted by molar-refractivity contribution is -0.136. The largest absolute Gasteiger partial charge is 0.345 e. The van der Waals surface area contributed by atoms with E-state index in [0.717, 1.165) is 38.2 Å². The first-order valence-corrected chi connectivity index (χ1v) is 8.58. The van der Waals surface area contributed by atoms with Gasteiger partial charge in [0.15, 0.2) is 0 Å². The van der Waals surface area contributed by atoms with Gasteiger partial charge in [-0.2, -0.15) is 0 Å². The third kappa shape index (κ3) is 5.55. The van der Waals surface area contributed by atoms with E-state index in [4.69, 9.17) is 0 Å². The SMILES string of the molecule is CCC1CCC(NC(=O)C(=O)Nc2cc(NC(C)=O)ccc2F)CC1. The lowest BCUT2D eigenvalue weighted by Crippen LogP contribution is -2.43. The van der Waals surface area contributed by atoms with Crippen molar-refractivity contribution in [1.82, 2.24) is 5.32 Å². The van der Waals surface area contributed by atoms with Gasteiger partial charge in [0.2, 0.25) is 5.91 Å². The van der Waals surface area contributed by atoms with Crippen LogP contribution in [0.15, 0.2) is 18.2 Å². The summed E-state index contributed by atoms with van der Waals surface area (Å²) in [5.74, 6) is -2.00. The Labute approximate surface area is 146 Å². The first-order chi connectivity index (χ1) is 11.9. The van der Waals surface area contributed by atoms with Gasteiger partial charge in [-0.15, -0.1) is 0 Å². The Morgan fingerprint density at radius 1 is 1.08 bits per heavy atom. The summed E-state index contributed by atoms with van der Waals surface area (Å²) < 4.78 is 13.8. The number of carbonyl (C=O) groups excluding carboxylic acids is 3. The second-order valence-corrected chi connectivity index (χ2v) is 6.43. The van der Waals surface area contributed by atoms with Gasteiger partial charge in [0.05, 0.1) is 5.69 Å². The third-order valence-corrected chi connectivity index (χ3v) is 4.50. The van der Waals surface area contributed by atoms with Crippen molar-refractivity contribution in [3.63, 3.8) is 0 Å². The van der Waals surface area contributed by atoms with Gasteiger partial charge < -0.3 is 16.0 Å². The molecule has 3 amide bonds. The van der Waals surface area contributed by atoms with Crippen molar-refractivity contribution in [3.05, 3.63) is 24.0 Å². The molecule has 1 aliphatic carbocycles. The summed E-state index contributed by atoms with van der Waals surface area (Å²) in [7, 11) is 0. The smallest absolute Gasteiger partial charge is 0.313 e. The van der Waals surface area contributed by atoms with E-state index in [-0.39, 0.29) is 17.6 Å². The zero-order valence-corrected chi connectivity index (χ0v) is 14.5. The molecule has 0 unspecified atom stereocenters. The molecule has 1 aromatic rings. The maximum atomic E-state index is 13.8. The van der Waals surface area contributed by atoms with Gasteiger partial charge in [0.25, 0.3) is 0 Å². The van der Waals surface area contributed by atoms with Gasteiger partial charge in [-0.05, 0) is 49.8 Å². The van der Waals surface area contributed by atoms with Crippen LogP contribution in [0.1, 0.15) is 46.0 Å². The average Bonchev–Trinajstić information content (AvgIpc) is 2.58. The Kier molecular flexibility index (Phi) is 6.50. The third-order valence-electron chi connectivity index (χ3n) is 4.50. The van der Waals surface area contributed by atoms with Gasteiger partial charge >= 0.3 is 11.8 Å². The summed E-state index contributed by atoms with van der Waals surface area (Å²) in [6, 6.07) is 3.74. The molecular weight excluding hydrogens is 325 g/mol. The summed E-state index contributed by atoms with van der Waals surface area (Å²) in [6.45, 7) is 3.48. The van der Waals surface area contributed by atoms with Crippen molar-refractivity contribution in [2.24, 2.45) is 5.92 Å². The van der Waals surface area contributed by atoms with Crippen molar-refractivity contribution >= 4 is 29.1 Å². The van der Waals surface area contributed by atoms with Crippen LogP contribution in [0.2, 0.25) is 0 Å². The minimum atomic E-state index is -0.920. The molecule has 0 radical (unpaired) electrons. The molecule has 1 aromatic carbocycles. The molecule has 136 valence electrons. The molecule has 0 bridgehead atoms. The summed E-state index contributed by atoms with van der Waals surface area (Å²) >= 11 is 0. The Balaban J connectivity index is 1.92. The standard InChI is InChI=1S/C18H24FN3O3/c1-3-12-4-6-13(7-5-12)21-17(24)18(25)22-16-10-14(20-11(2)23)8-9-15(16)19/h8-10,12-13H,3-7H2,1-2H3,(H,20,23)(H,21,24)(H,22,25). The van der Waals surface area contributed by atoms with Crippen molar-refractivity contribution in [2.75, 3.05) is 10.6 Å². The number of rotatable bonds is 4. The highest BCUT2D eigenvalue weighted by Crippen LogP contribution is 2.26. The van der Waals surface area contributed by atoms with E-state index in [1.807, 2.05) is 0 Å². The zero-order chi connectivity index (χ0) is 18.4. The van der Waals surface area contributed by atoms with Gasteiger partial charge in [-0.25, -0.2) is 4.39 Å². The second kappa shape index (κ2) is 8.60. The Morgan fingerprint density at radius 3 is 2.36 bits per heavy atom. The van der Waals surface area contributed by atoms with Crippen LogP contribution >= 0.6 is 0 Å². The molecule has 0 aliphatic heterocycles. The fourth-order valence-electron chi connectivity index (χ4n) is 3.05. The quantitative estimate of drug-likeness (QED) is 0.731. The fourth-order valence-corrected chi connectivity index (χ4v) is 3.05. The zero-order valence-electron chi connectivity index (χ0n) is 14.5. The molecule has 7 heteroatoms. The van der Waals surface area contributed by atoms with Gasteiger partial charge in [-0.3, -0.25) is 14.4 Å². The average molecular weight is 349 g/mol. The lowest BCUT2D eigenvalue weighted by atomic mass is 9.84. The number of hydrogen-bond acceptors (Lipinski definition) is 3. The van der Waals surface area contributed by atoms with E-state index in [0.29, 0.717) is 11.6 Å². The molecule has 1 fully saturated rings. The van der Waals surface area contributed by atoms with Crippen LogP contribution in [0, 0.1) is 11.7 Å². The lowest BCUT2D eigenvalue weighted by Gasteiger charge is -2.28. The molecule has 1 saturated carbocycles. The first-order valence-electron chi connectivity index (χ1n) is 8.58. The number of halogens is 1. The molecular formula is C18H24FN3O3. The van der Waals surface area contributed by atoms with E-state index >= 15 is 0 Å². The molecule has 2 rings (SSSR count). The topological polar surface area (TPSA) is 87.3 Å². The van der Waals surface area contributed by atoms with Crippen LogP contribution in [-0.2, 0) is 14.4 Å². The van der Waals surface area contributed by atoms with Gasteiger partial charge in [-0.1, -0.05) is 13.3 Å². The molecule has 0 atom stereocenters. The highest BCUT2D eigenvalue weighted by Gasteiger charge is 2.24. The van der Waals surface area contributed by atoms with Crippen LogP contribution in [0.3, 0.4) is 0 Å². The van der Waals surface area contributed by atoms with Crippen LogP contribution < -0.4 is 16.0 Å². The Bertz CT molecular complexity index is 655. The highest BCUT2D eigenvalue weighted by molar-refractivity contribution is 6.39. The van der Waals surface area contributed by atoms with Gasteiger partial charge in [0.1, 0.15) is 5.82 Å². The fraction of sp³-hybridized carbons (Fsp3) is 0.500. The molecule has 3 N–H and O–H groups in total. The summed E-state index contributed by atoms with van der Waals surface area (Å²) in [5, 5.41) is 7.46. The van der Waals surface area contributed by atoms with E-state index in [9.17, 15) is 18.8 Å². The number of anilines is 2. The monoisotopic (exact) mass is 349 g/mol. The first kappa shape index (κ1) is 18.9. The van der Waals surface area contributed by atoms with Gasteiger partial charge in [0, 0.05) is 18.7 Å². The summed E-state index contributed by atoms with van der Waals surface area (Å²) in [5.41, 5.74) is 0.184. The minimum absolute atomic E-state index is 0.0170. The maximum absolute atomic E-state index is 13.8. The molecule has 0 heterocycles. The van der Waals surface area contributed by atoms with Crippen LogP contribution in [-0.4, -0.2) is 23.8 Å². The Morgan fingerprint density at radius 2 is 1.76 bits per heavy atom. The number of hydrogen-bond donors (Lipinski definition) is 3. The molecule has 1 aliphatic rings. The molecule has 0 spiro atoms. The van der Waals surface area contributed by atoms with Crippen molar-refractivity contribution in [1.29, 1.82) is 0 Å². The van der Waals surface area contributed by atoms with E-state index in [2.05, 4.69) is 22.9 Å². The second-order valence-electron chi connectivity index (χ2n) is 6.43. The number of carbonyl (C=O) groups is 3. The van der Waals surface area contributed by atoms with Crippen LogP contribution in [0.5, 0.6) is 0 Å². The summed E-state index contributed by atoms with van der Waals surface area (Å²) in [6.07, 6.45) is 4.91. The molecule has 25 heavy (non-hydrogen) atoms. The maximum Gasteiger partial charge on any atom is 0.313 e. The number of amides is 3. The molecule has 0 saturated heterocycles. The van der Waals surface area contributed by atoms with Crippen molar-refractivity contribution < 1.29 is 18.8 Å². The van der Waals surface area contributed by atoms with E-state index in [1.165, 1.54) is 19.1 Å². The van der Waals surface area contributed by atoms with E-state index in [1.54, 1.807) is 0 Å². The van der Waals surface area contributed by atoms with Crippen LogP contribution in [0.4, 0.5) is 15.8 Å². The number of nitrogens with one attached hydrogen (secondary N) is 3. The molecule has 6 nitrogen and oxygen atoms in total. The van der Waals surface area contributed by atoms with Crippen LogP contribution in [0.25, 0.3) is 0 Å². The predicted octanol–water partition coefficient (Wildman–Crippen LogP) is 2.81. The predicted molar refractivity (Wildman–Crippen MR) is 93.5 cm³/mol. The molecule has 0 aromatic heterocycles. The van der Waals surface area contributed by atoms with Crippen molar-refractivity contribution in [3.8, 4) is 0 Å². The Hall–Kier alpha value is -2.44. The van der Waals surface area contributed by atoms with Crippen molar-refractivity contribution in [2.45, 2.75) is 52.0 Å². The minimum Gasteiger partial charge on any atom is -0.345 e. The summed E-state index contributed by atoms with van der Waals surface area (Å²) in [4.78, 5) is 35.1.